The van der Waals surface area contributed by atoms with Crippen molar-refractivity contribution in [3.05, 3.63) is 165 Å². The number of aryl methyl sites for hydroxylation is 3. The molecule has 6 aromatic rings. The second-order valence-electron chi connectivity index (χ2n) is 12.0. The van der Waals surface area contributed by atoms with Crippen LogP contribution in [0.3, 0.4) is 0 Å². The van der Waals surface area contributed by atoms with Crippen molar-refractivity contribution in [3.8, 4) is 44.5 Å². The fourth-order valence-corrected chi connectivity index (χ4v) is 7.77. The van der Waals surface area contributed by atoms with E-state index in [-0.39, 0.29) is 5.41 Å². The summed E-state index contributed by atoms with van der Waals surface area (Å²) in [5.41, 5.74) is 21.0. The van der Waals surface area contributed by atoms with Crippen molar-refractivity contribution in [2.45, 2.75) is 33.1 Å². The van der Waals surface area contributed by atoms with E-state index in [0.717, 1.165) is 5.02 Å². The van der Waals surface area contributed by atoms with Crippen molar-refractivity contribution in [3.63, 3.8) is 0 Å². The maximum atomic E-state index is 6.16. The Labute approximate surface area is 253 Å². The molecule has 0 aromatic heterocycles. The normalized spacial score (nSPS) is 13.5. The van der Waals surface area contributed by atoms with Gasteiger partial charge in [0.15, 0.2) is 0 Å². The van der Waals surface area contributed by atoms with E-state index in [9.17, 15) is 0 Å². The highest BCUT2D eigenvalue weighted by Crippen LogP contribution is 2.65. The maximum Gasteiger partial charge on any atom is 0.0728 e. The fraction of sp³-hybridized carbons (Fsp3) is 0.122. The molecule has 1 spiro atoms. The summed E-state index contributed by atoms with van der Waals surface area (Å²) in [5.74, 6) is 0. The van der Waals surface area contributed by atoms with Crippen LogP contribution >= 0.6 is 11.6 Å². The maximum absolute atomic E-state index is 6.16. The first kappa shape index (κ1) is 25.3. The summed E-state index contributed by atoms with van der Waals surface area (Å²) in [6.45, 7) is 9.12. The lowest BCUT2D eigenvalue weighted by atomic mass is 9.68. The van der Waals surface area contributed by atoms with Crippen LogP contribution in [0.5, 0.6) is 0 Å². The number of benzene rings is 6. The van der Waals surface area contributed by atoms with Gasteiger partial charge in [0.1, 0.15) is 0 Å². The molecule has 2 aliphatic carbocycles. The molecule has 0 N–H and O–H groups in total. The molecule has 0 aliphatic heterocycles. The number of hydrogen-bond donors (Lipinski definition) is 0. The molecule has 0 atom stereocenters. The third-order valence-electron chi connectivity index (χ3n) is 9.85. The topological polar surface area (TPSA) is 0 Å². The second kappa shape index (κ2) is 9.05. The van der Waals surface area contributed by atoms with Gasteiger partial charge in [-0.05, 0) is 129 Å². The molecule has 0 amide bonds. The quantitative estimate of drug-likeness (QED) is 0.198. The van der Waals surface area contributed by atoms with Gasteiger partial charge in [0.25, 0.3) is 0 Å². The molecule has 1 heteroatoms. The molecule has 0 saturated heterocycles. The van der Waals surface area contributed by atoms with Crippen LogP contribution in [0.2, 0.25) is 5.02 Å². The number of fused-ring (bicyclic) bond motifs is 10. The Morgan fingerprint density at radius 1 is 0.452 bits per heavy atom. The van der Waals surface area contributed by atoms with Crippen LogP contribution < -0.4 is 0 Å². The summed E-state index contributed by atoms with van der Waals surface area (Å²) in [5, 5.41) is 0.759. The molecule has 8 rings (SSSR count). The Bertz CT molecular complexity index is 2010. The minimum atomic E-state index is -0.343. The molecule has 42 heavy (non-hydrogen) atoms. The van der Waals surface area contributed by atoms with Gasteiger partial charge in [-0.1, -0.05) is 115 Å². The third-order valence-corrected chi connectivity index (χ3v) is 10.1. The van der Waals surface area contributed by atoms with Crippen molar-refractivity contribution in [2.75, 3.05) is 0 Å². The van der Waals surface area contributed by atoms with Crippen LogP contribution in [0, 0.1) is 27.7 Å². The molecular formula is C41H31Cl. The SMILES string of the molecule is Cc1cc2c(cc1C)C1(c3ccccc3-c3ccccc31)c1c(C)c(C)cc(-c3ccc(-c4ccc(Cl)cc4)cc3)c1-2. The van der Waals surface area contributed by atoms with Gasteiger partial charge in [0, 0.05) is 5.02 Å². The third kappa shape index (κ3) is 3.30. The summed E-state index contributed by atoms with van der Waals surface area (Å²) >= 11 is 6.16. The summed E-state index contributed by atoms with van der Waals surface area (Å²) in [7, 11) is 0. The zero-order valence-corrected chi connectivity index (χ0v) is 25.1. The molecule has 0 radical (unpaired) electrons. The lowest BCUT2D eigenvalue weighted by molar-refractivity contribution is 0.783. The van der Waals surface area contributed by atoms with Gasteiger partial charge in [0.05, 0.1) is 5.41 Å². The summed E-state index contributed by atoms with van der Waals surface area (Å²) < 4.78 is 0. The lowest BCUT2D eigenvalue weighted by Crippen LogP contribution is -2.27. The summed E-state index contributed by atoms with van der Waals surface area (Å²) in [4.78, 5) is 0. The molecule has 202 valence electrons. The van der Waals surface area contributed by atoms with Gasteiger partial charge in [-0.2, -0.15) is 0 Å². The van der Waals surface area contributed by atoms with Gasteiger partial charge in [0.2, 0.25) is 0 Å². The molecule has 0 heterocycles. The number of halogens is 1. The van der Waals surface area contributed by atoms with Crippen molar-refractivity contribution in [1.82, 2.24) is 0 Å². The fourth-order valence-electron chi connectivity index (χ4n) is 7.64. The minimum Gasteiger partial charge on any atom is -0.0843 e. The Morgan fingerprint density at radius 3 is 1.57 bits per heavy atom. The van der Waals surface area contributed by atoms with Crippen LogP contribution in [0.1, 0.15) is 44.5 Å². The van der Waals surface area contributed by atoms with Crippen LogP contribution in [0.25, 0.3) is 44.5 Å². The van der Waals surface area contributed by atoms with E-state index in [4.69, 9.17) is 11.6 Å². The van der Waals surface area contributed by atoms with Crippen LogP contribution in [0.15, 0.2) is 115 Å². The molecule has 0 nitrogen and oxygen atoms in total. The Kier molecular flexibility index (Phi) is 5.46. The molecular weight excluding hydrogens is 528 g/mol. The van der Waals surface area contributed by atoms with Gasteiger partial charge in [-0.15, -0.1) is 0 Å². The predicted molar refractivity (Wildman–Crippen MR) is 178 cm³/mol. The lowest BCUT2D eigenvalue weighted by Gasteiger charge is -2.32. The van der Waals surface area contributed by atoms with E-state index in [1.807, 2.05) is 12.1 Å². The van der Waals surface area contributed by atoms with E-state index in [1.165, 1.54) is 89.0 Å². The molecule has 0 unspecified atom stereocenters. The molecule has 6 aromatic carbocycles. The van der Waals surface area contributed by atoms with Crippen molar-refractivity contribution < 1.29 is 0 Å². The van der Waals surface area contributed by atoms with Gasteiger partial charge in [-0.25, -0.2) is 0 Å². The summed E-state index contributed by atoms with van der Waals surface area (Å²) in [6, 6.07) is 42.6. The Morgan fingerprint density at radius 2 is 0.952 bits per heavy atom. The van der Waals surface area contributed by atoms with Gasteiger partial charge < -0.3 is 0 Å². The van der Waals surface area contributed by atoms with Crippen molar-refractivity contribution >= 4 is 11.6 Å². The minimum absolute atomic E-state index is 0.343. The van der Waals surface area contributed by atoms with Crippen LogP contribution in [-0.4, -0.2) is 0 Å². The molecule has 0 bridgehead atoms. The van der Waals surface area contributed by atoms with Gasteiger partial charge in [-0.3, -0.25) is 0 Å². The average Bonchev–Trinajstić information content (AvgIpc) is 3.47. The first-order valence-corrected chi connectivity index (χ1v) is 15.1. The Balaban J connectivity index is 1.46. The first-order chi connectivity index (χ1) is 20.4. The van der Waals surface area contributed by atoms with Gasteiger partial charge >= 0.3 is 0 Å². The van der Waals surface area contributed by atoms with Crippen molar-refractivity contribution in [2.24, 2.45) is 0 Å². The second-order valence-corrected chi connectivity index (χ2v) is 12.5. The zero-order chi connectivity index (χ0) is 28.7. The number of rotatable bonds is 2. The van der Waals surface area contributed by atoms with E-state index in [2.05, 4.69) is 131 Å². The van der Waals surface area contributed by atoms with E-state index in [0.29, 0.717) is 0 Å². The highest BCUT2D eigenvalue weighted by Gasteiger charge is 2.53. The average molecular weight is 559 g/mol. The van der Waals surface area contributed by atoms with E-state index < -0.39 is 0 Å². The smallest absolute Gasteiger partial charge is 0.0728 e. The molecule has 0 fully saturated rings. The molecule has 0 saturated carbocycles. The van der Waals surface area contributed by atoms with E-state index >= 15 is 0 Å². The zero-order valence-electron chi connectivity index (χ0n) is 24.3. The Hall–Kier alpha value is -4.39. The van der Waals surface area contributed by atoms with Crippen molar-refractivity contribution in [1.29, 1.82) is 0 Å². The van der Waals surface area contributed by atoms with Crippen LogP contribution in [0.4, 0.5) is 0 Å². The highest BCUT2D eigenvalue weighted by atomic mass is 35.5. The first-order valence-electron chi connectivity index (χ1n) is 14.7. The van der Waals surface area contributed by atoms with E-state index in [1.54, 1.807) is 0 Å². The number of hydrogen-bond acceptors (Lipinski definition) is 0. The highest BCUT2D eigenvalue weighted by molar-refractivity contribution is 6.30. The standard InChI is InChI=1S/C41H31Cl/c1-24-21-35-38(23-25(24)2)41(36-11-7-5-9-32(36)33-10-6-8-12-37(33)41)40-27(4)26(3)22-34(39(35)40)30-15-13-28(14-16-30)29-17-19-31(42)20-18-29/h5-23H,1-4H3. The van der Waals surface area contributed by atoms with Crippen LogP contribution in [-0.2, 0) is 5.41 Å². The largest absolute Gasteiger partial charge is 0.0843 e. The monoisotopic (exact) mass is 558 g/mol. The molecule has 2 aliphatic rings. The summed E-state index contributed by atoms with van der Waals surface area (Å²) in [6.07, 6.45) is 0. The predicted octanol–water partition coefficient (Wildman–Crippen LogP) is 11.3.